The molecular weight excluding hydrogens is 257 g/mol. The molecule has 1 atom stereocenters. The van der Waals surface area contributed by atoms with Gasteiger partial charge in [0.05, 0.1) is 6.10 Å². The minimum absolute atomic E-state index is 0.190. The first-order chi connectivity index (χ1) is 9.20. The molecule has 4 heteroatoms. The van der Waals surface area contributed by atoms with Crippen molar-refractivity contribution < 1.29 is 14.3 Å². The molecule has 0 aliphatic heterocycles. The highest BCUT2D eigenvalue weighted by Crippen LogP contribution is 2.18. The Bertz CT molecular complexity index is 503. The van der Waals surface area contributed by atoms with Gasteiger partial charge in [0.15, 0.2) is 0 Å². The van der Waals surface area contributed by atoms with E-state index in [1.165, 1.54) is 18.2 Å². The lowest BCUT2D eigenvalue weighted by Gasteiger charge is -2.25. The maximum Gasteiger partial charge on any atom is 0.244 e. The number of nitrogens with one attached hydrogen (secondary N) is 1. The molecule has 0 bridgehead atoms. The van der Waals surface area contributed by atoms with Crippen molar-refractivity contribution in [3.05, 3.63) is 41.7 Å². The zero-order valence-electron chi connectivity index (χ0n) is 12.4. The third-order valence-corrected chi connectivity index (χ3v) is 3.10. The van der Waals surface area contributed by atoms with Crippen LogP contribution in [0.1, 0.15) is 33.3 Å². The van der Waals surface area contributed by atoms with E-state index in [4.69, 9.17) is 0 Å². The molecular formula is C16H22FNO2. The van der Waals surface area contributed by atoms with Crippen LogP contribution >= 0.6 is 0 Å². The molecule has 2 N–H and O–H groups in total. The van der Waals surface area contributed by atoms with E-state index >= 15 is 0 Å². The second-order valence-electron chi connectivity index (χ2n) is 5.96. The van der Waals surface area contributed by atoms with Crippen molar-refractivity contribution in [2.24, 2.45) is 5.41 Å². The molecule has 1 aromatic carbocycles. The Morgan fingerprint density at radius 3 is 2.65 bits per heavy atom. The van der Waals surface area contributed by atoms with Crippen LogP contribution in [-0.2, 0) is 4.79 Å². The van der Waals surface area contributed by atoms with E-state index in [0.717, 1.165) is 0 Å². The molecule has 1 unspecified atom stereocenters. The van der Waals surface area contributed by atoms with Crippen molar-refractivity contribution in [2.45, 2.75) is 33.8 Å². The average molecular weight is 279 g/mol. The first-order valence-electron chi connectivity index (χ1n) is 6.60. The minimum atomic E-state index is -0.616. The van der Waals surface area contributed by atoms with Crippen LogP contribution in [-0.4, -0.2) is 23.7 Å². The summed E-state index contributed by atoms with van der Waals surface area (Å²) in [7, 11) is 0. The molecule has 3 nitrogen and oxygen atoms in total. The van der Waals surface area contributed by atoms with Crippen LogP contribution in [0, 0.1) is 11.2 Å². The van der Waals surface area contributed by atoms with Gasteiger partial charge in [0.25, 0.3) is 0 Å². The van der Waals surface area contributed by atoms with Crippen LogP contribution in [0.5, 0.6) is 0 Å². The van der Waals surface area contributed by atoms with E-state index in [1.807, 2.05) is 20.8 Å². The van der Waals surface area contributed by atoms with Crippen molar-refractivity contribution in [3.8, 4) is 0 Å². The van der Waals surface area contributed by atoms with Gasteiger partial charge >= 0.3 is 0 Å². The van der Waals surface area contributed by atoms with Crippen molar-refractivity contribution >= 4 is 11.5 Å². The lowest BCUT2D eigenvalue weighted by atomic mass is 9.89. The Morgan fingerprint density at radius 2 is 2.10 bits per heavy atom. The third kappa shape index (κ3) is 5.13. The van der Waals surface area contributed by atoms with Crippen LogP contribution in [0.3, 0.4) is 0 Å². The number of hydrogen-bond donors (Lipinski definition) is 2. The number of allylic oxidation sites excluding steroid dienone is 1. The SMILES string of the molecule is C/C(=C/C(=O)NCC(O)C(C)(C)C)c1cccc(F)c1. The van der Waals surface area contributed by atoms with E-state index < -0.39 is 6.10 Å². The molecule has 0 spiro atoms. The van der Waals surface area contributed by atoms with E-state index in [2.05, 4.69) is 5.32 Å². The second-order valence-corrected chi connectivity index (χ2v) is 5.96. The summed E-state index contributed by atoms with van der Waals surface area (Å²) in [5.74, 6) is -0.631. The summed E-state index contributed by atoms with van der Waals surface area (Å²) in [4.78, 5) is 11.8. The highest BCUT2D eigenvalue weighted by atomic mass is 19.1. The predicted octanol–water partition coefficient (Wildman–Crippen LogP) is 2.75. The van der Waals surface area contributed by atoms with Gasteiger partial charge in [-0.1, -0.05) is 32.9 Å². The summed E-state index contributed by atoms with van der Waals surface area (Å²) in [6.45, 7) is 7.64. The zero-order chi connectivity index (χ0) is 15.3. The zero-order valence-corrected chi connectivity index (χ0v) is 12.4. The van der Waals surface area contributed by atoms with Gasteiger partial charge in [0.1, 0.15) is 5.82 Å². The molecule has 0 radical (unpaired) electrons. The Balaban J connectivity index is 2.63. The normalized spacial score (nSPS) is 14.0. The first-order valence-corrected chi connectivity index (χ1v) is 6.60. The molecule has 0 aromatic heterocycles. The Labute approximate surface area is 119 Å². The van der Waals surface area contributed by atoms with Crippen molar-refractivity contribution in [3.63, 3.8) is 0 Å². The molecule has 0 saturated heterocycles. The molecule has 0 aliphatic carbocycles. The molecule has 0 fully saturated rings. The monoisotopic (exact) mass is 279 g/mol. The van der Waals surface area contributed by atoms with Crippen LogP contribution in [0.2, 0.25) is 0 Å². The minimum Gasteiger partial charge on any atom is -0.391 e. The van der Waals surface area contributed by atoms with Crippen LogP contribution in [0.15, 0.2) is 30.3 Å². The van der Waals surface area contributed by atoms with Gasteiger partial charge in [-0.25, -0.2) is 4.39 Å². The van der Waals surface area contributed by atoms with Gasteiger partial charge in [0.2, 0.25) is 5.91 Å². The summed E-state index contributed by atoms with van der Waals surface area (Å²) in [6, 6.07) is 6.08. The van der Waals surface area contributed by atoms with E-state index in [9.17, 15) is 14.3 Å². The number of aliphatic hydroxyl groups is 1. The number of amides is 1. The van der Waals surface area contributed by atoms with Gasteiger partial charge in [-0.2, -0.15) is 0 Å². The fraction of sp³-hybridized carbons (Fsp3) is 0.438. The van der Waals surface area contributed by atoms with Crippen LogP contribution < -0.4 is 5.32 Å². The lowest BCUT2D eigenvalue weighted by Crippen LogP contribution is -2.38. The van der Waals surface area contributed by atoms with Gasteiger partial charge in [0, 0.05) is 12.6 Å². The topological polar surface area (TPSA) is 49.3 Å². The highest BCUT2D eigenvalue weighted by Gasteiger charge is 2.22. The molecule has 0 heterocycles. The highest BCUT2D eigenvalue weighted by molar-refractivity contribution is 5.94. The molecule has 0 aliphatic rings. The smallest absolute Gasteiger partial charge is 0.244 e. The number of halogens is 1. The number of carbonyl (C=O) groups excluding carboxylic acids is 1. The second kappa shape index (κ2) is 6.66. The molecule has 20 heavy (non-hydrogen) atoms. The van der Waals surface area contributed by atoms with Crippen LogP contribution in [0.4, 0.5) is 4.39 Å². The van der Waals surface area contributed by atoms with Crippen molar-refractivity contribution in [1.29, 1.82) is 0 Å². The number of benzene rings is 1. The van der Waals surface area contributed by atoms with Crippen molar-refractivity contribution in [2.75, 3.05) is 6.54 Å². The number of hydrogen-bond acceptors (Lipinski definition) is 2. The van der Waals surface area contributed by atoms with Gasteiger partial charge in [-0.3, -0.25) is 4.79 Å². The maximum atomic E-state index is 13.1. The number of aliphatic hydroxyl groups excluding tert-OH is 1. The summed E-state index contributed by atoms with van der Waals surface area (Å²) >= 11 is 0. The first kappa shape index (κ1) is 16.4. The quantitative estimate of drug-likeness (QED) is 0.833. The Hall–Kier alpha value is -1.68. The molecule has 110 valence electrons. The number of carbonyl (C=O) groups is 1. The van der Waals surface area contributed by atoms with Gasteiger partial charge in [-0.15, -0.1) is 0 Å². The Kier molecular flexibility index (Phi) is 5.45. The lowest BCUT2D eigenvalue weighted by molar-refractivity contribution is -0.117. The number of rotatable bonds is 4. The standard InChI is InChI=1S/C16H22FNO2/c1-11(12-6-5-7-13(17)9-12)8-15(20)18-10-14(19)16(2,3)4/h5-9,14,19H,10H2,1-4H3,(H,18,20)/b11-8-. The van der Waals surface area contributed by atoms with Gasteiger partial charge < -0.3 is 10.4 Å². The predicted molar refractivity (Wildman–Crippen MR) is 78.5 cm³/mol. The molecule has 1 aromatic rings. The molecule has 1 amide bonds. The van der Waals surface area contributed by atoms with E-state index in [1.54, 1.807) is 19.1 Å². The summed E-state index contributed by atoms with van der Waals surface area (Å²) in [6.07, 6.45) is 0.791. The van der Waals surface area contributed by atoms with E-state index in [0.29, 0.717) is 11.1 Å². The maximum absolute atomic E-state index is 13.1. The molecule has 1 rings (SSSR count). The fourth-order valence-electron chi connectivity index (χ4n) is 1.57. The van der Waals surface area contributed by atoms with Crippen LogP contribution in [0.25, 0.3) is 5.57 Å². The van der Waals surface area contributed by atoms with Gasteiger partial charge in [-0.05, 0) is 35.6 Å². The summed E-state index contributed by atoms with van der Waals surface area (Å²) < 4.78 is 13.1. The van der Waals surface area contributed by atoms with Crippen molar-refractivity contribution in [1.82, 2.24) is 5.32 Å². The molecule has 0 saturated carbocycles. The Morgan fingerprint density at radius 1 is 1.45 bits per heavy atom. The third-order valence-electron chi connectivity index (χ3n) is 3.10. The fourth-order valence-corrected chi connectivity index (χ4v) is 1.57. The summed E-state index contributed by atoms with van der Waals surface area (Å²) in [5.41, 5.74) is 1.05. The average Bonchev–Trinajstić information content (AvgIpc) is 2.34. The van der Waals surface area contributed by atoms with E-state index in [-0.39, 0.29) is 23.7 Å². The summed E-state index contributed by atoms with van der Waals surface area (Å²) in [5, 5.41) is 12.5. The largest absolute Gasteiger partial charge is 0.391 e.